The van der Waals surface area contributed by atoms with E-state index < -0.39 is 0 Å². The third kappa shape index (κ3) is 3.07. The third-order valence-corrected chi connectivity index (χ3v) is 2.33. The first-order valence-electron chi connectivity index (χ1n) is 4.73. The Balaban J connectivity index is 3.00. The Hall–Kier alpha value is -1.86. The normalized spacial score (nSPS) is 10.7. The van der Waals surface area contributed by atoms with Gasteiger partial charge in [0.05, 0.1) is 5.57 Å². The van der Waals surface area contributed by atoms with Gasteiger partial charge in [0.25, 0.3) is 0 Å². The second-order valence-corrected chi connectivity index (χ2v) is 3.96. The van der Waals surface area contributed by atoms with E-state index in [1.54, 1.807) is 6.08 Å². The SMILES string of the molecule is CN(C)c1ccc(/C=C(\C#N)C(N)=S)cc1. The van der Waals surface area contributed by atoms with Gasteiger partial charge in [-0.05, 0) is 23.8 Å². The second-order valence-electron chi connectivity index (χ2n) is 3.52. The van der Waals surface area contributed by atoms with Gasteiger partial charge in [0.2, 0.25) is 0 Å². The van der Waals surface area contributed by atoms with Crippen molar-refractivity contribution >= 4 is 29.0 Å². The van der Waals surface area contributed by atoms with Crippen LogP contribution in [0.5, 0.6) is 0 Å². The maximum absolute atomic E-state index is 8.81. The molecule has 82 valence electrons. The van der Waals surface area contributed by atoms with E-state index in [9.17, 15) is 0 Å². The van der Waals surface area contributed by atoms with Crippen molar-refractivity contribution in [3.8, 4) is 6.07 Å². The van der Waals surface area contributed by atoms with E-state index in [2.05, 4.69) is 0 Å². The van der Waals surface area contributed by atoms with Gasteiger partial charge in [-0.15, -0.1) is 0 Å². The Morgan fingerprint density at radius 3 is 2.31 bits per heavy atom. The highest BCUT2D eigenvalue weighted by Crippen LogP contribution is 2.14. The lowest BCUT2D eigenvalue weighted by molar-refractivity contribution is 1.13. The van der Waals surface area contributed by atoms with E-state index in [4.69, 9.17) is 23.2 Å². The van der Waals surface area contributed by atoms with Crippen molar-refractivity contribution in [3.05, 3.63) is 35.4 Å². The summed E-state index contributed by atoms with van der Waals surface area (Å²) in [7, 11) is 3.95. The fourth-order valence-corrected chi connectivity index (χ4v) is 1.30. The first-order chi connectivity index (χ1) is 7.54. The Morgan fingerprint density at radius 1 is 1.38 bits per heavy atom. The van der Waals surface area contributed by atoms with Gasteiger partial charge in [-0.25, -0.2) is 0 Å². The van der Waals surface area contributed by atoms with Crippen LogP contribution in [0.4, 0.5) is 5.69 Å². The molecule has 0 bridgehead atoms. The van der Waals surface area contributed by atoms with Crippen LogP contribution in [0.15, 0.2) is 29.8 Å². The molecule has 1 aromatic carbocycles. The maximum atomic E-state index is 8.81. The van der Waals surface area contributed by atoms with Crippen LogP contribution in [0.25, 0.3) is 6.08 Å². The molecule has 4 heteroatoms. The zero-order valence-electron chi connectivity index (χ0n) is 9.27. The van der Waals surface area contributed by atoms with Crippen molar-refractivity contribution in [1.82, 2.24) is 0 Å². The summed E-state index contributed by atoms with van der Waals surface area (Å²) in [6.45, 7) is 0. The largest absolute Gasteiger partial charge is 0.389 e. The molecule has 0 heterocycles. The highest BCUT2D eigenvalue weighted by molar-refractivity contribution is 7.80. The van der Waals surface area contributed by atoms with Crippen LogP contribution >= 0.6 is 12.2 Å². The van der Waals surface area contributed by atoms with Gasteiger partial charge in [-0.3, -0.25) is 0 Å². The molecule has 3 nitrogen and oxygen atoms in total. The molecular formula is C12H13N3S. The summed E-state index contributed by atoms with van der Waals surface area (Å²) in [6, 6.07) is 9.76. The minimum atomic E-state index is 0.124. The van der Waals surface area contributed by atoms with Crippen LogP contribution in [0, 0.1) is 11.3 Å². The molecule has 1 rings (SSSR count). The molecular weight excluding hydrogens is 218 g/mol. The lowest BCUT2D eigenvalue weighted by Gasteiger charge is -2.11. The van der Waals surface area contributed by atoms with Crippen LogP contribution in [0.3, 0.4) is 0 Å². The molecule has 0 saturated heterocycles. The maximum Gasteiger partial charge on any atom is 0.114 e. The fourth-order valence-electron chi connectivity index (χ4n) is 1.19. The van der Waals surface area contributed by atoms with Crippen molar-refractivity contribution in [1.29, 1.82) is 5.26 Å². The standard InChI is InChI=1S/C12H13N3S/c1-15(2)11-5-3-9(4-6-11)7-10(8-13)12(14)16/h3-7H,1-2H3,(H2,14,16)/b10-7+. The van der Waals surface area contributed by atoms with Crippen LogP contribution < -0.4 is 10.6 Å². The average Bonchev–Trinajstić information content (AvgIpc) is 2.26. The summed E-state index contributed by atoms with van der Waals surface area (Å²) in [5, 5.41) is 8.81. The van der Waals surface area contributed by atoms with E-state index in [0.29, 0.717) is 5.57 Å². The van der Waals surface area contributed by atoms with Crippen LogP contribution in [-0.4, -0.2) is 19.1 Å². The summed E-state index contributed by atoms with van der Waals surface area (Å²) in [5.41, 5.74) is 7.75. The number of nitriles is 1. The number of thiocarbonyl (C=S) groups is 1. The summed E-state index contributed by atoms with van der Waals surface area (Å²) in [4.78, 5) is 2.13. The summed E-state index contributed by atoms with van der Waals surface area (Å²) in [5.74, 6) is 0. The Morgan fingerprint density at radius 2 is 1.94 bits per heavy atom. The van der Waals surface area contributed by atoms with Crippen molar-refractivity contribution in [2.45, 2.75) is 0 Å². The van der Waals surface area contributed by atoms with E-state index in [0.717, 1.165) is 11.3 Å². The van der Waals surface area contributed by atoms with E-state index in [-0.39, 0.29) is 4.99 Å². The molecule has 0 unspecified atom stereocenters. The van der Waals surface area contributed by atoms with Gasteiger partial charge < -0.3 is 10.6 Å². The molecule has 0 aromatic heterocycles. The predicted molar refractivity (Wildman–Crippen MR) is 71.1 cm³/mol. The molecule has 16 heavy (non-hydrogen) atoms. The van der Waals surface area contributed by atoms with Gasteiger partial charge in [0, 0.05) is 19.8 Å². The highest BCUT2D eigenvalue weighted by Gasteiger charge is 2.00. The molecule has 0 atom stereocenters. The van der Waals surface area contributed by atoms with Gasteiger partial charge >= 0.3 is 0 Å². The number of rotatable bonds is 3. The van der Waals surface area contributed by atoms with Crippen molar-refractivity contribution < 1.29 is 0 Å². The quantitative estimate of drug-likeness (QED) is 0.491. The molecule has 0 amide bonds. The van der Waals surface area contributed by atoms with Crippen LogP contribution in [0.1, 0.15) is 5.56 Å². The lowest BCUT2D eigenvalue weighted by atomic mass is 10.1. The molecule has 0 aliphatic rings. The smallest absolute Gasteiger partial charge is 0.114 e. The van der Waals surface area contributed by atoms with Gasteiger partial charge in [0.1, 0.15) is 11.1 Å². The van der Waals surface area contributed by atoms with E-state index >= 15 is 0 Å². The third-order valence-electron chi connectivity index (χ3n) is 2.11. The average molecular weight is 231 g/mol. The first-order valence-corrected chi connectivity index (χ1v) is 5.14. The number of anilines is 1. The minimum Gasteiger partial charge on any atom is -0.389 e. The Bertz CT molecular complexity index is 452. The molecule has 0 aliphatic heterocycles. The van der Waals surface area contributed by atoms with Crippen molar-refractivity contribution in [2.75, 3.05) is 19.0 Å². The molecule has 0 radical (unpaired) electrons. The summed E-state index contributed by atoms with van der Waals surface area (Å²) >= 11 is 4.76. The monoisotopic (exact) mass is 231 g/mol. The number of hydrogen-bond acceptors (Lipinski definition) is 3. The van der Waals surface area contributed by atoms with E-state index in [1.165, 1.54) is 0 Å². The minimum absolute atomic E-state index is 0.124. The highest BCUT2D eigenvalue weighted by atomic mass is 32.1. The predicted octanol–water partition coefficient (Wildman–Crippen LogP) is 1.95. The van der Waals surface area contributed by atoms with Gasteiger partial charge in [-0.1, -0.05) is 24.4 Å². The van der Waals surface area contributed by atoms with Crippen molar-refractivity contribution in [2.24, 2.45) is 5.73 Å². The number of nitrogens with two attached hydrogens (primary N) is 1. The second kappa shape index (κ2) is 5.29. The Kier molecular flexibility index (Phi) is 4.03. The Labute approximate surface area is 101 Å². The molecule has 0 fully saturated rings. The van der Waals surface area contributed by atoms with Crippen molar-refractivity contribution in [3.63, 3.8) is 0 Å². The topological polar surface area (TPSA) is 53.0 Å². The first kappa shape index (κ1) is 12.2. The van der Waals surface area contributed by atoms with Gasteiger partial charge in [0.15, 0.2) is 0 Å². The van der Waals surface area contributed by atoms with E-state index in [1.807, 2.05) is 49.3 Å². The zero-order chi connectivity index (χ0) is 12.1. The van der Waals surface area contributed by atoms with Crippen LogP contribution in [0.2, 0.25) is 0 Å². The number of hydrogen-bond donors (Lipinski definition) is 1. The summed E-state index contributed by atoms with van der Waals surface area (Å²) in [6.07, 6.45) is 1.68. The molecule has 2 N–H and O–H groups in total. The fraction of sp³-hybridized carbons (Fsp3) is 0.167. The molecule has 0 saturated carbocycles. The lowest BCUT2D eigenvalue weighted by Crippen LogP contribution is -2.10. The summed E-state index contributed by atoms with van der Waals surface area (Å²) < 4.78 is 0. The number of nitrogens with zero attached hydrogens (tertiary/aromatic N) is 2. The molecule has 1 aromatic rings. The zero-order valence-corrected chi connectivity index (χ0v) is 10.1. The molecule has 0 spiro atoms. The number of benzene rings is 1. The molecule has 0 aliphatic carbocycles. The van der Waals surface area contributed by atoms with Gasteiger partial charge in [-0.2, -0.15) is 5.26 Å². The van der Waals surface area contributed by atoms with Crippen LogP contribution in [-0.2, 0) is 0 Å².